The summed E-state index contributed by atoms with van der Waals surface area (Å²) in [5.74, 6) is 0.705. The number of aromatic nitrogens is 1. The molecule has 1 fully saturated rings. The molecule has 3 aromatic carbocycles. The van der Waals surface area contributed by atoms with Gasteiger partial charge in [-0.15, -0.1) is 0 Å². The molecule has 1 atom stereocenters. The number of nitrogens with zero attached hydrogens (tertiary/aromatic N) is 2. The van der Waals surface area contributed by atoms with Crippen LogP contribution in [0.2, 0.25) is 15.1 Å². The Labute approximate surface area is 238 Å². The Morgan fingerprint density at radius 1 is 1.00 bits per heavy atom. The number of ether oxygens (including phenoxy) is 1. The zero-order valence-corrected chi connectivity index (χ0v) is 22.6. The minimum atomic E-state index is -0.977. The highest BCUT2D eigenvalue weighted by molar-refractivity contribution is 6.39. The van der Waals surface area contributed by atoms with Gasteiger partial charge in [-0.1, -0.05) is 69.4 Å². The van der Waals surface area contributed by atoms with Crippen molar-refractivity contribution in [1.29, 1.82) is 0 Å². The zero-order valence-electron chi connectivity index (χ0n) is 20.4. The lowest BCUT2D eigenvalue weighted by Gasteiger charge is -2.13. The Kier molecular flexibility index (Phi) is 6.97. The number of oxime groups is 1. The summed E-state index contributed by atoms with van der Waals surface area (Å²) < 4.78 is 11.9. The summed E-state index contributed by atoms with van der Waals surface area (Å²) in [5, 5.41) is 19.1. The highest BCUT2D eigenvalue weighted by Crippen LogP contribution is 2.46. The number of benzene rings is 3. The van der Waals surface area contributed by atoms with Gasteiger partial charge in [-0.3, -0.25) is 0 Å². The molecule has 2 heterocycles. The molecule has 1 saturated carbocycles. The average molecular weight is 584 g/mol. The quantitative estimate of drug-likeness (QED) is 0.224. The van der Waals surface area contributed by atoms with E-state index in [9.17, 15) is 4.79 Å². The van der Waals surface area contributed by atoms with Crippen LogP contribution in [0, 0.1) is 0 Å². The van der Waals surface area contributed by atoms with E-state index in [4.69, 9.17) is 54.0 Å². The third-order valence-electron chi connectivity index (χ3n) is 6.80. The first-order valence-corrected chi connectivity index (χ1v) is 13.4. The van der Waals surface area contributed by atoms with Gasteiger partial charge in [0, 0.05) is 23.5 Å². The molecule has 0 amide bonds. The van der Waals surface area contributed by atoms with Crippen LogP contribution in [0.5, 0.6) is 5.75 Å². The van der Waals surface area contributed by atoms with Crippen LogP contribution in [0.1, 0.15) is 64.1 Å². The van der Waals surface area contributed by atoms with E-state index in [-0.39, 0.29) is 18.3 Å². The summed E-state index contributed by atoms with van der Waals surface area (Å²) in [4.78, 5) is 16.8. The van der Waals surface area contributed by atoms with Gasteiger partial charge in [-0.05, 0) is 54.8 Å². The lowest BCUT2D eigenvalue weighted by atomic mass is 9.99. The highest BCUT2D eigenvalue weighted by atomic mass is 35.5. The van der Waals surface area contributed by atoms with Crippen molar-refractivity contribution in [2.75, 3.05) is 0 Å². The molecule has 4 aromatic rings. The number of carboxylic acids is 1. The number of hydrogen-bond donors (Lipinski definition) is 1. The minimum Gasteiger partial charge on any atom is -0.489 e. The van der Waals surface area contributed by atoms with E-state index < -0.39 is 5.97 Å². The van der Waals surface area contributed by atoms with Crippen molar-refractivity contribution in [3.05, 3.63) is 104 Å². The summed E-state index contributed by atoms with van der Waals surface area (Å²) in [5.41, 5.74) is 4.53. The molecule has 6 rings (SSSR count). The predicted octanol–water partition coefficient (Wildman–Crippen LogP) is 8.32. The van der Waals surface area contributed by atoms with Crippen LogP contribution in [0.15, 0.2) is 70.3 Å². The molecule has 0 bridgehead atoms. The van der Waals surface area contributed by atoms with Crippen LogP contribution < -0.4 is 4.74 Å². The van der Waals surface area contributed by atoms with Crippen LogP contribution >= 0.6 is 34.8 Å². The number of rotatable bonds is 8. The van der Waals surface area contributed by atoms with Gasteiger partial charge in [0.05, 0.1) is 31.9 Å². The molecular weight excluding hydrogens is 563 g/mol. The van der Waals surface area contributed by atoms with Crippen molar-refractivity contribution in [2.45, 2.75) is 37.9 Å². The number of hydrogen-bond acceptors (Lipinski definition) is 6. The fourth-order valence-electron chi connectivity index (χ4n) is 4.58. The van der Waals surface area contributed by atoms with Gasteiger partial charge in [0.25, 0.3) is 0 Å². The summed E-state index contributed by atoms with van der Waals surface area (Å²) >= 11 is 19.6. The molecule has 1 aliphatic heterocycles. The van der Waals surface area contributed by atoms with Gasteiger partial charge >= 0.3 is 5.97 Å². The van der Waals surface area contributed by atoms with Gasteiger partial charge in [0.1, 0.15) is 23.8 Å². The summed E-state index contributed by atoms with van der Waals surface area (Å²) in [6.07, 6.45) is 2.20. The molecule has 0 saturated heterocycles. The zero-order chi connectivity index (χ0) is 27.1. The van der Waals surface area contributed by atoms with E-state index in [1.165, 1.54) is 0 Å². The normalized spacial score (nSPS) is 16.6. The fraction of sp³-hybridized carbons (Fsp3) is 0.207. The second-order valence-electron chi connectivity index (χ2n) is 9.44. The number of aromatic carboxylic acids is 1. The Bertz CT molecular complexity index is 1570. The molecular formula is C29H21Cl3N2O5. The SMILES string of the molecule is O=C(O)c1ccc(C2=NOC(c3ccc(OCc4c(-c5c(Cl)cccc5Cl)noc4C4CC4)cc3Cl)C2)cc1. The van der Waals surface area contributed by atoms with Crippen LogP contribution in [-0.2, 0) is 11.4 Å². The van der Waals surface area contributed by atoms with Crippen LogP contribution in [0.25, 0.3) is 11.3 Å². The molecule has 2 aliphatic rings. The summed E-state index contributed by atoms with van der Waals surface area (Å²) in [6.45, 7) is 0.210. The van der Waals surface area contributed by atoms with Crippen molar-refractivity contribution < 1.29 is 24.0 Å². The number of halogens is 3. The standard InChI is InChI=1S/C29H21Cl3N2O5/c30-21-2-1-3-22(31)26(21)27-20(28(39-34-27)16-6-7-16)14-37-18-10-11-19(23(32)12-18)25-13-24(33-38-25)15-4-8-17(9-5-15)29(35)36/h1-5,8-12,16,25H,6-7,13-14H2,(H,35,36). The van der Waals surface area contributed by atoms with Crippen LogP contribution in [0.4, 0.5) is 0 Å². The molecule has 7 nitrogen and oxygen atoms in total. The summed E-state index contributed by atoms with van der Waals surface area (Å²) in [7, 11) is 0. The number of carboxylic acid groups (broad SMARTS) is 1. The Morgan fingerprint density at radius 2 is 1.74 bits per heavy atom. The molecule has 1 aliphatic carbocycles. The molecule has 1 unspecified atom stereocenters. The molecule has 0 spiro atoms. The third-order valence-corrected chi connectivity index (χ3v) is 7.76. The lowest BCUT2D eigenvalue weighted by molar-refractivity contribution is 0.0697. The van der Waals surface area contributed by atoms with Crippen molar-refractivity contribution >= 4 is 46.5 Å². The smallest absolute Gasteiger partial charge is 0.335 e. The monoisotopic (exact) mass is 582 g/mol. The topological polar surface area (TPSA) is 94.2 Å². The Hall–Kier alpha value is -3.52. The third kappa shape index (κ3) is 5.22. The summed E-state index contributed by atoms with van der Waals surface area (Å²) in [6, 6.07) is 17.3. The van der Waals surface area contributed by atoms with E-state index in [0.29, 0.717) is 44.4 Å². The van der Waals surface area contributed by atoms with E-state index in [0.717, 1.165) is 41.0 Å². The number of carbonyl (C=O) groups is 1. The first-order chi connectivity index (χ1) is 18.9. The second-order valence-corrected chi connectivity index (χ2v) is 10.7. The molecule has 0 radical (unpaired) electrons. The van der Waals surface area contributed by atoms with Crippen molar-refractivity contribution in [3.63, 3.8) is 0 Å². The Balaban J connectivity index is 1.17. The van der Waals surface area contributed by atoms with Crippen molar-refractivity contribution in [1.82, 2.24) is 5.16 Å². The molecule has 198 valence electrons. The first kappa shape index (κ1) is 25.7. The lowest BCUT2D eigenvalue weighted by Crippen LogP contribution is -2.04. The van der Waals surface area contributed by atoms with Crippen molar-refractivity contribution in [2.24, 2.45) is 5.16 Å². The average Bonchev–Trinajstić information content (AvgIpc) is 3.50. The van der Waals surface area contributed by atoms with Gasteiger partial charge in [0.2, 0.25) is 0 Å². The maximum atomic E-state index is 11.1. The molecule has 1 N–H and O–H groups in total. The highest BCUT2D eigenvalue weighted by Gasteiger charge is 2.34. The van der Waals surface area contributed by atoms with Gasteiger partial charge in [0.15, 0.2) is 6.10 Å². The minimum absolute atomic E-state index is 0.210. The van der Waals surface area contributed by atoms with E-state index in [1.807, 2.05) is 12.1 Å². The molecule has 1 aromatic heterocycles. The molecule has 39 heavy (non-hydrogen) atoms. The van der Waals surface area contributed by atoms with E-state index in [1.54, 1.807) is 48.5 Å². The van der Waals surface area contributed by atoms with E-state index >= 15 is 0 Å². The second kappa shape index (κ2) is 10.6. The predicted molar refractivity (Wildman–Crippen MR) is 148 cm³/mol. The maximum Gasteiger partial charge on any atom is 0.335 e. The largest absolute Gasteiger partial charge is 0.489 e. The first-order valence-electron chi connectivity index (χ1n) is 12.3. The van der Waals surface area contributed by atoms with Gasteiger partial charge < -0.3 is 19.2 Å². The van der Waals surface area contributed by atoms with Crippen LogP contribution in [-0.4, -0.2) is 21.9 Å². The Morgan fingerprint density at radius 3 is 2.41 bits per heavy atom. The maximum absolute atomic E-state index is 11.1. The van der Waals surface area contributed by atoms with E-state index in [2.05, 4.69) is 10.3 Å². The van der Waals surface area contributed by atoms with Crippen molar-refractivity contribution in [3.8, 4) is 17.0 Å². The molecule has 10 heteroatoms. The van der Waals surface area contributed by atoms with Gasteiger partial charge in [-0.2, -0.15) is 0 Å². The van der Waals surface area contributed by atoms with Crippen LogP contribution in [0.3, 0.4) is 0 Å². The fourth-order valence-corrected chi connectivity index (χ4v) is 5.45. The van der Waals surface area contributed by atoms with Gasteiger partial charge in [-0.25, -0.2) is 4.79 Å².